The van der Waals surface area contributed by atoms with Crippen molar-refractivity contribution in [3.63, 3.8) is 0 Å². The summed E-state index contributed by atoms with van der Waals surface area (Å²) in [5.41, 5.74) is 0. The molecule has 2 rings (SSSR count). The lowest BCUT2D eigenvalue weighted by molar-refractivity contribution is -0.144. The highest BCUT2D eigenvalue weighted by Gasteiger charge is 2.30. The zero-order valence-corrected chi connectivity index (χ0v) is 11.2. The van der Waals surface area contributed by atoms with Gasteiger partial charge in [0.05, 0.1) is 0 Å². The van der Waals surface area contributed by atoms with Gasteiger partial charge in [0.1, 0.15) is 6.04 Å². The zero-order valence-electron chi connectivity index (χ0n) is 11.2. The minimum absolute atomic E-state index is 0.304. The van der Waals surface area contributed by atoms with Crippen LogP contribution in [0.5, 0.6) is 0 Å². The largest absolute Gasteiger partial charge is 0.480 e. The topological polar surface area (TPSA) is 53.0 Å². The Balaban J connectivity index is 1.81. The van der Waals surface area contributed by atoms with Gasteiger partial charge in [0.25, 0.3) is 0 Å². The quantitative estimate of drug-likeness (QED) is 0.800. The lowest BCUT2D eigenvalue weighted by Crippen LogP contribution is -2.55. The van der Waals surface area contributed by atoms with E-state index in [0.717, 1.165) is 52.2 Å². The second-order valence-electron chi connectivity index (χ2n) is 5.18. The van der Waals surface area contributed by atoms with Gasteiger partial charge in [-0.3, -0.25) is 14.6 Å². The minimum Gasteiger partial charge on any atom is -0.480 e. The van der Waals surface area contributed by atoms with Crippen molar-refractivity contribution in [1.82, 2.24) is 9.80 Å². The molecule has 0 aromatic rings. The first-order valence-electron chi connectivity index (χ1n) is 7.01. The molecule has 2 heterocycles. The normalized spacial score (nSPS) is 26.1. The number of rotatable bonds is 4. The van der Waals surface area contributed by atoms with Gasteiger partial charge in [0, 0.05) is 45.4 Å². The average Bonchev–Trinajstić information content (AvgIpc) is 2.41. The van der Waals surface area contributed by atoms with E-state index < -0.39 is 5.97 Å². The molecule has 1 unspecified atom stereocenters. The second-order valence-corrected chi connectivity index (χ2v) is 5.18. The molecule has 104 valence electrons. The molecule has 0 spiro atoms. The third kappa shape index (κ3) is 3.22. The van der Waals surface area contributed by atoms with E-state index in [2.05, 4.69) is 9.80 Å². The molecule has 0 radical (unpaired) electrons. The predicted molar refractivity (Wildman–Crippen MR) is 68.7 cm³/mol. The first kappa shape index (κ1) is 13.8. The van der Waals surface area contributed by atoms with Crippen LogP contribution in [0.25, 0.3) is 0 Å². The van der Waals surface area contributed by atoms with Crippen molar-refractivity contribution in [3.8, 4) is 0 Å². The van der Waals surface area contributed by atoms with Crippen LogP contribution in [0.4, 0.5) is 0 Å². The van der Waals surface area contributed by atoms with Gasteiger partial charge in [-0.1, -0.05) is 6.92 Å². The molecular formula is C13H24N2O3. The first-order valence-corrected chi connectivity index (χ1v) is 7.01. The molecule has 0 saturated carbocycles. The Bertz CT molecular complexity index is 271. The van der Waals surface area contributed by atoms with E-state index in [9.17, 15) is 4.79 Å². The van der Waals surface area contributed by atoms with Crippen molar-refractivity contribution in [3.05, 3.63) is 0 Å². The van der Waals surface area contributed by atoms with Crippen LogP contribution in [0, 0.1) is 0 Å². The van der Waals surface area contributed by atoms with Gasteiger partial charge < -0.3 is 9.84 Å². The van der Waals surface area contributed by atoms with Crippen LogP contribution < -0.4 is 0 Å². The number of nitrogens with zero attached hydrogens (tertiary/aromatic N) is 2. The molecule has 2 saturated heterocycles. The summed E-state index contributed by atoms with van der Waals surface area (Å²) >= 11 is 0. The smallest absolute Gasteiger partial charge is 0.320 e. The molecule has 2 fully saturated rings. The minimum atomic E-state index is -0.683. The van der Waals surface area contributed by atoms with Gasteiger partial charge in [0.2, 0.25) is 0 Å². The van der Waals surface area contributed by atoms with Crippen LogP contribution in [0.1, 0.15) is 26.2 Å². The number of carboxylic acid groups (broad SMARTS) is 1. The Morgan fingerprint density at radius 3 is 2.39 bits per heavy atom. The summed E-state index contributed by atoms with van der Waals surface area (Å²) in [6.07, 6.45) is 2.93. The summed E-state index contributed by atoms with van der Waals surface area (Å²) in [5, 5.41) is 9.17. The lowest BCUT2D eigenvalue weighted by Gasteiger charge is -2.42. The summed E-state index contributed by atoms with van der Waals surface area (Å²) in [6, 6.07) is 0.340. The zero-order chi connectivity index (χ0) is 13.0. The molecule has 0 aromatic heterocycles. The highest BCUT2D eigenvalue weighted by atomic mass is 16.5. The average molecular weight is 256 g/mol. The van der Waals surface area contributed by atoms with E-state index in [4.69, 9.17) is 9.84 Å². The number of carboxylic acids is 1. The van der Waals surface area contributed by atoms with Crippen molar-refractivity contribution in [2.45, 2.75) is 38.3 Å². The molecule has 0 aromatic carbocycles. The number of aliphatic carboxylic acids is 1. The van der Waals surface area contributed by atoms with Gasteiger partial charge in [-0.2, -0.15) is 0 Å². The van der Waals surface area contributed by atoms with E-state index in [1.54, 1.807) is 0 Å². The highest BCUT2D eigenvalue weighted by Crippen LogP contribution is 2.18. The lowest BCUT2D eigenvalue weighted by atomic mass is 10.1. The number of hydrogen-bond donors (Lipinski definition) is 1. The molecule has 5 nitrogen and oxygen atoms in total. The molecule has 1 atom stereocenters. The SMILES string of the molecule is CCC(C(=O)O)N1CCN(C2CCOCC2)CC1. The third-order valence-corrected chi connectivity index (χ3v) is 4.17. The van der Waals surface area contributed by atoms with E-state index in [1.807, 2.05) is 6.92 Å². The fourth-order valence-electron chi connectivity index (χ4n) is 3.05. The molecule has 0 bridgehead atoms. The van der Waals surface area contributed by atoms with Crippen LogP contribution >= 0.6 is 0 Å². The highest BCUT2D eigenvalue weighted by molar-refractivity contribution is 5.73. The molecule has 1 N–H and O–H groups in total. The summed E-state index contributed by atoms with van der Waals surface area (Å²) in [5.74, 6) is -0.683. The van der Waals surface area contributed by atoms with Crippen molar-refractivity contribution in [1.29, 1.82) is 0 Å². The van der Waals surface area contributed by atoms with Crippen molar-refractivity contribution >= 4 is 5.97 Å². The van der Waals surface area contributed by atoms with Crippen LogP contribution in [-0.4, -0.2) is 72.4 Å². The predicted octanol–water partition coefficient (Wildman–Crippen LogP) is 0.646. The fraction of sp³-hybridized carbons (Fsp3) is 0.923. The monoisotopic (exact) mass is 256 g/mol. The molecular weight excluding hydrogens is 232 g/mol. The fourth-order valence-corrected chi connectivity index (χ4v) is 3.05. The summed E-state index contributed by atoms with van der Waals surface area (Å²) in [6.45, 7) is 7.44. The molecule has 0 aliphatic carbocycles. The number of carbonyl (C=O) groups is 1. The van der Waals surface area contributed by atoms with E-state index in [-0.39, 0.29) is 6.04 Å². The third-order valence-electron chi connectivity index (χ3n) is 4.17. The van der Waals surface area contributed by atoms with Gasteiger partial charge >= 0.3 is 5.97 Å². The van der Waals surface area contributed by atoms with Crippen LogP contribution in [0.2, 0.25) is 0 Å². The number of ether oxygens (including phenoxy) is 1. The Labute approximate surface area is 109 Å². The van der Waals surface area contributed by atoms with Gasteiger partial charge in [-0.15, -0.1) is 0 Å². The van der Waals surface area contributed by atoms with Crippen molar-refractivity contribution in [2.24, 2.45) is 0 Å². The summed E-state index contributed by atoms with van der Waals surface area (Å²) in [4.78, 5) is 15.8. The van der Waals surface area contributed by atoms with Crippen LogP contribution in [0.3, 0.4) is 0 Å². The molecule has 2 aliphatic heterocycles. The van der Waals surface area contributed by atoms with Gasteiger partial charge in [-0.25, -0.2) is 0 Å². The van der Waals surface area contributed by atoms with Crippen LogP contribution in [0.15, 0.2) is 0 Å². The molecule has 2 aliphatic rings. The van der Waals surface area contributed by atoms with Crippen molar-refractivity contribution < 1.29 is 14.6 Å². The van der Waals surface area contributed by atoms with Crippen LogP contribution in [-0.2, 0) is 9.53 Å². The van der Waals surface area contributed by atoms with E-state index in [1.165, 1.54) is 0 Å². The Morgan fingerprint density at radius 1 is 1.28 bits per heavy atom. The maximum absolute atomic E-state index is 11.1. The molecule has 0 amide bonds. The molecule has 5 heteroatoms. The standard InChI is InChI=1S/C13H24N2O3/c1-2-12(13(16)17)15-7-5-14(6-8-15)11-3-9-18-10-4-11/h11-12H,2-10H2,1H3,(H,16,17). The number of piperazine rings is 1. The van der Waals surface area contributed by atoms with Crippen molar-refractivity contribution in [2.75, 3.05) is 39.4 Å². The maximum Gasteiger partial charge on any atom is 0.320 e. The molecule has 18 heavy (non-hydrogen) atoms. The Morgan fingerprint density at radius 2 is 1.89 bits per heavy atom. The van der Waals surface area contributed by atoms with E-state index >= 15 is 0 Å². The number of hydrogen-bond acceptors (Lipinski definition) is 4. The summed E-state index contributed by atoms with van der Waals surface area (Å²) in [7, 11) is 0. The Hall–Kier alpha value is -0.650. The Kier molecular flexibility index (Phi) is 4.97. The van der Waals surface area contributed by atoms with Gasteiger partial charge in [0.15, 0.2) is 0 Å². The van der Waals surface area contributed by atoms with E-state index in [0.29, 0.717) is 12.5 Å². The first-order chi connectivity index (χ1) is 8.72. The summed E-state index contributed by atoms with van der Waals surface area (Å²) < 4.78 is 5.38. The maximum atomic E-state index is 11.1. The second kappa shape index (κ2) is 6.50. The van der Waals surface area contributed by atoms with Gasteiger partial charge in [-0.05, 0) is 19.3 Å².